The lowest BCUT2D eigenvalue weighted by Gasteiger charge is -2.15. The third-order valence-electron chi connectivity index (χ3n) is 5.03. The molecule has 2 aromatic carbocycles. The van der Waals surface area contributed by atoms with Crippen LogP contribution in [0.15, 0.2) is 60.2 Å². The molecule has 2 atom stereocenters. The molecule has 0 bridgehead atoms. The molecule has 2 unspecified atom stereocenters. The van der Waals surface area contributed by atoms with Gasteiger partial charge in [-0.25, -0.2) is 0 Å². The van der Waals surface area contributed by atoms with Crippen LogP contribution in [0.4, 0.5) is 0 Å². The van der Waals surface area contributed by atoms with Gasteiger partial charge in [0.25, 0.3) is 0 Å². The maximum atomic E-state index is 12.4. The van der Waals surface area contributed by atoms with E-state index >= 15 is 0 Å². The number of ether oxygens (including phenoxy) is 2. The van der Waals surface area contributed by atoms with Gasteiger partial charge in [-0.2, -0.15) is 0 Å². The molecule has 0 fully saturated rings. The van der Waals surface area contributed by atoms with E-state index in [4.69, 9.17) is 9.47 Å². The second kappa shape index (κ2) is 12.2. The molecule has 2 rings (SSSR count). The average Bonchev–Trinajstić information content (AvgIpc) is 2.73. The van der Waals surface area contributed by atoms with E-state index in [-0.39, 0.29) is 18.1 Å². The van der Waals surface area contributed by atoms with E-state index < -0.39 is 6.10 Å². The number of benzene rings is 2. The molecule has 0 aliphatic heterocycles. The van der Waals surface area contributed by atoms with Crippen LogP contribution < -0.4 is 9.47 Å². The lowest BCUT2D eigenvalue weighted by molar-refractivity contribution is -0.127. The van der Waals surface area contributed by atoms with E-state index in [1.165, 1.54) is 5.57 Å². The average molecular weight is 411 g/mol. The Balaban J connectivity index is 1.90. The summed E-state index contributed by atoms with van der Waals surface area (Å²) < 4.78 is 11.3. The molecule has 0 amide bonds. The highest BCUT2D eigenvalue weighted by atomic mass is 16.5. The second-order valence-electron chi connectivity index (χ2n) is 8.11. The van der Waals surface area contributed by atoms with Gasteiger partial charge in [-0.05, 0) is 55.9 Å². The number of rotatable bonds is 12. The number of methoxy groups -OCH3 is 1. The fourth-order valence-electron chi connectivity index (χ4n) is 3.27. The molecule has 0 aromatic heterocycles. The third kappa shape index (κ3) is 8.03. The molecule has 4 nitrogen and oxygen atoms in total. The second-order valence-corrected chi connectivity index (χ2v) is 8.11. The number of Topliss-reactive ketones (excluding diaryl/α,β-unsaturated/α-hetero) is 1. The molecule has 0 aliphatic rings. The van der Waals surface area contributed by atoms with Gasteiger partial charge < -0.3 is 14.6 Å². The Morgan fingerprint density at radius 1 is 1.07 bits per heavy atom. The van der Waals surface area contributed by atoms with Gasteiger partial charge in [0, 0.05) is 12.8 Å². The van der Waals surface area contributed by atoms with Crippen LogP contribution in [0.3, 0.4) is 0 Å². The number of hydrogen-bond acceptors (Lipinski definition) is 4. The van der Waals surface area contributed by atoms with Crippen molar-refractivity contribution >= 4 is 5.78 Å². The summed E-state index contributed by atoms with van der Waals surface area (Å²) in [6, 6.07) is 15.4. The van der Waals surface area contributed by atoms with Crippen molar-refractivity contribution in [1.29, 1.82) is 0 Å². The van der Waals surface area contributed by atoms with Gasteiger partial charge in [0.1, 0.15) is 12.7 Å². The summed E-state index contributed by atoms with van der Waals surface area (Å²) in [6.45, 7) is 6.66. The molecular formula is C26H34O4. The normalized spacial score (nSPS) is 12.7. The molecule has 0 spiro atoms. The van der Waals surface area contributed by atoms with Crippen molar-refractivity contribution in [3.63, 3.8) is 0 Å². The van der Waals surface area contributed by atoms with Crippen molar-refractivity contribution < 1.29 is 19.4 Å². The molecule has 0 saturated carbocycles. The molecule has 1 N–H and O–H groups in total. The third-order valence-corrected chi connectivity index (χ3v) is 5.03. The van der Waals surface area contributed by atoms with Gasteiger partial charge in [-0.15, -0.1) is 0 Å². The van der Waals surface area contributed by atoms with Crippen LogP contribution in [-0.4, -0.2) is 24.1 Å². The molecule has 0 heterocycles. The topological polar surface area (TPSA) is 55.8 Å². The fraction of sp³-hybridized carbons (Fsp3) is 0.423. The van der Waals surface area contributed by atoms with Crippen molar-refractivity contribution in [2.75, 3.05) is 7.11 Å². The molecular weight excluding hydrogens is 376 g/mol. The van der Waals surface area contributed by atoms with E-state index in [2.05, 4.69) is 26.8 Å². The zero-order valence-corrected chi connectivity index (χ0v) is 18.6. The number of aliphatic hydroxyl groups is 1. The minimum atomic E-state index is -1.00. The predicted octanol–water partition coefficient (Wildman–Crippen LogP) is 5.52. The highest BCUT2D eigenvalue weighted by molar-refractivity contribution is 5.83. The van der Waals surface area contributed by atoms with Crippen LogP contribution in [0.1, 0.15) is 51.2 Å². The maximum Gasteiger partial charge on any atom is 0.161 e. The van der Waals surface area contributed by atoms with Gasteiger partial charge >= 0.3 is 0 Å². The molecule has 0 radical (unpaired) electrons. The SMILES string of the molecule is COc1cc(CC(O)C(=O)CC(C)CCC=C(C)C)ccc1OCc1ccccc1. The van der Waals surface area contributed by atoms with Gasteiger partial charge in [-0.1, -0.05) is 55.0 Å². The number of aliphatic hydroxyl groups excluding tert-OH is 1. The van der Waals surface area contributed by atoms with Crippen LogP contribution in [0.2, 0.25) is 0 Å². The molecule has 0 aliphatic carbocycles. The molecule has 2 aromatic rings. The van der Waals surface area contributed by atoms with Crippen molar-refractivity contribution in [3.05, 3.63) is 71.3 Å². The number of hydrogen-bond donors (Lipinski definition) is 1. The molecule has 30 heavy (non-hydrogen) atoms. The Labute approximate surface area is 180 Å². The molecule has 162 valence electrons. The fourth-order valence-corrected chi connectivity index (χ4v) is 3.27. The van der Waals surface area contributed by atoms with E-state index in [1.807, 2.05) is 48.5 Å². The number of allylic oxidation sites excluding steroid dienone is 2. The molecule has 4 heteroatoms. The Bertz CT molecular complexity index is 822. The quantitative estimate of drug-likeness (QED) is 0.468. The predicted molar refractivity (Wildman–Crippen MR) is 121 cm³/mol. The molecule has 0 saturated heterocycles. The first-order valence-electron chi connectivity index (χ1n) is 10.6. The van der Waals surface area contributed by atoms with Gasteiger partial charge in [-0.3, -0.25) is 4.79 Å². The monoisotopic (exact) mass is 410 g/mol. The van der Waals surface area contributed by atoms with E-state index in [9.17, 15) is 9.90 Å². The smallest absolute Gasteiger partial charge is 0.161 e. The highest BCUT2D eigenvalue weighted by Gasteiger charge is 2.19. The summed E-state index contributed by atoms with van der Waals surface area (Å²) in [7, 11) is 1.59. The lowest BCUT2D eigenvalue weighted by atomic mass is 9.94. The van der Waals surface area contributed by atoms with Crippen LogP contribution in [0.25, 0.3) is 0 Å². The van der Waals surface area contributed by atoms with Gasteiger partial charge in [0.2, 0.25) is 0 Å². The Kier molecular flexibility index (Phi) is 9.62. The van der Waals surface area contributed by atoms with Crippen LogP contribution >= 0.6 is 0 Å². The van der Waals surface area contributed by atoms with Crippen LogP contribution in [0.5, 0.6) is 11.5 Å². The number of ketones is 1. The largest absolute Gasteiger partial charge is 0.493 e. The summed E-state index contributed by atoms with van der Waals surface area (Å²) in [5.41, 5.74) is 3.21. The maximum absolute atomic E-state index is 12.4. The van der Waals surface area contributed by atoms with Gasteiger partial charge in [0.15, 0.2) is 17.3 Å². The number of carbonyl (C=O) groups excluding carboxylic acids is 1. The van der Waals surface area contributed by atoms with Crippen molar-refractivity contribution in [3.8, 4) is 11.5 Å². The minimum Gasteiger partial charge on any atom is -0.493 e. The summed E-state index contributed by atoms with van der Waals surface area (Å²) >= 11 is 0. The zero-order valence-electron chi connectivity index (χ0n) is 18.6. The van der Waals surface area contributed by atoms with Crippen LogP contribution in [0, 0.1) is 5.92 Å². The summed E-state index contributed by atoms with van der Waals surface area (Å²) in [5.74, 6) is 1.38. The van der Waals surface area contributed by atoms with E-state index in [0.717, 1.165) is 24.0 Å². The lowest BCUT2D eigenvalue weighted by Crippen LogP contribution is -2.24. The Morgan fingerprint density at radius 2 is 1.80 bits per heavy atom. The zero-order chi connectivity index (χ0) is 21.9. The van der Waals surface area contributed by atoms with Gasteiger partial charge in [0.05, 0.1) is 7.11 Å². The van der Waals surface area contributed by atoms with E-state index in [0.29, 0.717) is 24.5 Å². The summed E-state index contributed by atoms with van der Waals surface area (Å²) in [5, 5.41) is 10.4. The van der Waals surface area contributed by atoms with Crippen molar-refractivity contribution in [2.45, 2.75) is 59.2 Å². The Morgan fingerprint density at radius 3 is 2.47 bits per heavy atom. The first-order chi connectivity index (χ1) is 14.4. The Hall–Kier alpha value is -2.59. The van der Waals surface area contributed by atoms with Crippen molar-refractivity contribution in [1.82, 2.24) is 0 Å². The summed E-state index contributed by atoms with van der Waals surface area (Å²) in [6.07, 6.45) is 3.77. The van der Waals surface area contributed by atoms with Crippen LogP contribution in [-0.2, 0) is 17.8 Å². The number of carbonyl (C=O) groups is 1. The minimum absolute atomic E-state index is 0.108. The first kappa shape index (κ1) is 23.7. The highest BCUT2D eigenvalue weighted by Crippen LogP contribution is 2.29. The van der Waals surface area contributed by atoms with E-state index in [1.54, 1.807) is 7.11 Å². The standard InChI is InChI=1S/C26H34O4/c1-19(2)9-8-10-20(3)15-23(27)24(28)16-22-13-14-25(26(17-22)29-4)30-18-21-11-6-5-7-12-21/h5-7,9,11-14,17,20,24,28H,8,10,15-16,18H2,1-4H3. The van der Waals surface area contributed by atoms with Crippen molar-refractivity contribution in [2.24, 2.45) is 5.92 Å². The first-order valence-corrected chi connectivity index (χ1v) is 10.6. The summed E-state index contributed by atoms with van der Waals surface area (Å²) in [4.78, 5) is 12.4.